The number of rotatable bonds is 4. The van der Waals surface area contributed by atoms with E-state index in [9.17, 15) is 4.79 Å². The SMILES string of the molecule is Cc1noc(C)c1-c1nc(CN2CCCN(C(=O)c3n[nH]c4ccccc34)CC2)no1. The summed E-state index contributed by atoms with van der Waals surface area (Å²) in [4.78, 5) is 21.7. The van der Waals surface area contributed by atoms with E-state index in [4.69, 9.17) is 9.05 Å². The molecule has 1 aliphatic rings. The van der Waals surface area contributed by atoms with Crippen molar-refractivity contribution >= 4 is 16.8 Å². The zero-order valence-corrected chi connectivity index (χ0v) is 17.5. The van der Waals surface area contributed by atoms with Gasteiger partial charge in [-0.15, -0.1) is 0 Å². The van der Waals surface area contributed by atoms with E-state index >= 15 is 0 Å². The van der Waals surface area contributed by atoms with Gasteiger partial charge in [0.2, 0.25) is 0 Å². The zero-order chi connectivity index (χ0) is 21.4. The number of fused-ring (bicyclic) bond motifs is 1. The molecule has 0 bridgehead atoms. The van der Waals surface area contributed by atoms with Gasteiger partial charge in [0.05, 0.1) is 17.8 Å². The molecule has 1 aromatic carbocycles. The molecule has 10 heteroatoms. The summed E-state index contributed by atoms with van der Waals surface area (Å²) < 4.78 is 10.6. The molecule has 0 unspecified atom stereocenters. The molecule has 0 saturated carbocycles. The molecule has 0 aliphatic carbocycles. The molecule has 0 radical (unpaired) electrons. The van der Waals surface area contributed by atoms with Crippen LogP contribution in [-0.4, -0.2) is 67.4 Å². The van der Waals surface area contributed by atoms with Crippen LogP contribution in [0.3, 0.4) is 0 Å². The number of carbonyl (C=O) groups is 1. The molecule has 1 amide bonds. The van der Waals surface area contributed by atoms with Crippen LogP contribution in [0.15, 0.2) is 33.3 Å². The number of nitrogens with one attached hydrogen (secondary N) is 1. The van der Waals surface area contributed by atoms with Crippen molar-refractivity contribution in [1.82, 2.24) is 35.3 Å². The van der Waals surface area contributed by atoms with E-state index in [0.29, 0.717) is 42.8 Å². The van der Waals surface area contributed by atoms with Crippen LogP contribution in [0.4, 0.5) is 0 Å². The van der Waals surface area contributed by atoms with E-state index in [1.165, 1.54) is 0 Å². The van der Waals surface area contributed by atoms with Crippen LogP contribution in [0, 0.1) is 13.8 Å². The standard InChI is InChI=1S/C21H23N7O3/c1-13-18(14(2)30-25-13)20-22-17(26-31-20)12-27-8-5-9-28(11-10-27)21(29)19-15-6-3-4-7-16(15)23-24-19/h3-4,6-7H,5,8-12H2,1-2H3,(H,23,24). The summed E-state index contributed by atoms with van der Waals surface area (Å²) in [5, 5.41) is 16.1. The van der Waals surface area contributed by atoms with Crippen LogP contribution >= 0.6 is 0 Å². The molecule has 4 heterocycles. The molecule has 1 fully saturated rings. The van der Waals surface area contributed by atoms with E-state index in [1.54, 1.807) is 0 Å². The normalized spacial score (nSPS) is 15.5. The van der Waals surface area contributed by atoms with Crippen LogP contribution in [0.2, 0.25) is 0 Å². The number of benzene rings is 1. The van der Waals surface area contributed by atoms with Gasteiger partial charge in [0.15, 0.2) is 11.5 Å². The number of para-hydroxylation sites is 1. The molecule has 3 aromatic heterocycles. The van der Waals surface area contributed by atoms with Crippen LogP contribution in [-0.2, 0) is 6.54 Å². The Labute approximate surface area is 178 Å². The number of aromatic amines is 1. The van der Waals surface area contributed by atoms with Gasteiger partial charge in [-0.1, -0.05) is 28.5 Å². The molecule has 5 rings (SSSR count). The lowest BCUT2D eigenvalue weighted by Gasteiger charge is -2.20. The van der Waals surface area contributed by atoms with Gasteiger partial charge in [0.25, 0.3) is 11.8 Å². The van der Waals surface area contributed by atoms with Gasteiger partial charge in [-0.25, -0.2) is 0 Å². The van der Waals surface area contributed by atoms with Crippen molar-refractivity contribution in [2.45, 2.75) is 26.8 Å². The number of hydrogen-bond donors (Lipinski definition) is 1. The Balaban J connectivity index is 1.25. The highest BCUT2D eigenvalue weighted by molar-refractivity contribution is 6.04. The number of H-pyrrole nitrogens is 1. The highest BCUT2D eigenvalue weighted by atomic mass is 16.5. The number of carbonyl (C=O) groups excluding carboxylic acids is 1. The van der Waals surface area contributed by atoms with Crippen molar-refractivity contribution in [1.29, 1.82) is 0 Å². The predicted molar refractivity (Wildman–Crippen MR) is 111 cm³/mol. The largest absolute Gasteiger partial charge is 0.361 e. The maximum absolute atomic E-state index is 13.1. The monoisotopic (exact) mass is 421 g/mol. The average molecular weight is 421 g/mol. The third kappa shape index (κ3) is 3.70. The number of nitrogens with zero attached hydrogens (tertiary/aromatic N) is 6. The fourth-order valence-electron chi connectivity index (χ4n) is 4.02. The molecule has 31 heavy (non-hydrogen) atoms. The van der Waals surface area contributed by atoms with E-state index in [1.807, 2.05) is 43.0 Å². The first-order valence-electron chi connectivity index (χ1n) is 10.3. The maximum Gasteiger partial charge on any atom is 0.275 e. The highest BCUT2D eigenvalue weighted by Crippen LogP contribution is 2.25. The Bertz CT molecular complexity index is 1210. The van der Waals surface area contributed by atoms with Crippen molar-refractivity contribution in [2.24, 2.45) is 0 Å². The number of aromatic nitrogens is 5. The average Bonchev–Trinajstić information content (AvgIpc) is 3.43. The smallest absolute Gasteiger partial charge is 0.275 e. The van der Waals surface area contributed by atoms with Crippen LogP contribution in [0.5, 0.6) is 0 Å². The molecule has 1 aliphatic heterocycles. The van der Waals surface area contributed by atoms with Crippen molar-refractivity contribution in [2.75, 3.05) is 26.2 Å². The Hall–Kier alpha value is -3.53. The van der Waals surface area contributed by atoms with Crippen LogP contribution in [0.1, 0.15) is 34.2 Å². The lowest BCUT2D eigenvalue weighted by molar-refractivity contribution is 0.0757. The summed E-state index contributed by atoms with van der Waals surface area (Å²) in [7, 11) is 0. The summed E-state index contributed by atoms with van der Waals surface area (Å²) >= 11 is 0. The Kier molecular flexibility index (Phi) is 4.99. The second-order valence-corrected chi connectivity index (χ2v) is 7.75. The van der Waals surface area contributed by atoms with Crippen molar-refractivity contribution in [3.05, 3.63) is 47.2 Å². The van der Waals surface area contributed by atoms with E-state index in [-0.39, 0.29) is 5.91 Å². The maximum atomic E-state index is 13.1. The lowest BCUT2D eigenvalue weighted by atomic mass is 10.2. The first-order valence-corrected chi connectivity index (χ1v) is 10.3. The van der Waals surface area contributed by atoms with Crippen molar-refractivity contribution in [3.63, 3.8) is 0 Å². The Morgan fingerprint density at radius 1 is 1.10 bits per heavy atom. The first-order chi connectivity index (χ1) is 15.1. The van der Waals surface area contributed by atoms with Crippen molar-refractivity contribution in [3.8, 4) is 11.5 Å². The van der Waals surface area contributed by atoms with Gasteiger partial charge in [0.1, 0.15) is 11.3 Å². The van der Waals surface area contributed by atoms with Gasteiger partial charge in [0, 0.05) is 31.6 Å². The molecular formula is C21H23N7O3. The van der Waals surface area contributed by atoms with Gasteiger partial charge in [-0.3, -0.25) is 14.8 Å². The summed E-state index contributed by atoms with van der Waals surface area (Å²) in [6.07, 6.45) is 0.864. The van der Waals surface area contributed by atoms with Gasteiger partial charge in [-0.05, 0) is 26.3 Å². The van der Waals surface area contributed by atoms with Crippen LogP contribution < -0.4 is 0 Å². The molecule has 0 atom stereocenters. The molecule has 0 spiro atoms. The summed E-state index contributed by atoms with van der Waals surface area (Å²) in [5.74, 6) is 1.64. The summed E-state index contributed by atoms with van der Waals surface area (Å²) in [6.45, 7) is 7.10. The molecule has 160 valence electrons. The highest BCUT2D eigenvalue weighted by Gasteiger charge is 2.25. The van der Waals surface area contributed by atoms with Gasteiger partial charge < -0.3 is 13.9 Å². The third-order valence-electron chi connectivity index (χ3n) is 5.63. The Morgan fingerprint density at radius 3 is 2.81 bits per heavy atom. The van der Waals surface area contributed by atoms with E-state index < -0.39 is 0 Å². The van der Waals surface area contributed by atoms with Gasteiger partial charge >= 0.3 is 0 Å². The fourth-order valence-corrected chi connectivity index (χ4v) is 4.02. The van der Waals surface area contributed by atoms with Gasteiger partial charge in [-0.2, -0.15) is 10.1 Å². The molecule has 1 saturated heterocycles. The topological polar surface area (TPSA) is 117 Å². The van der Waals surface area contributed by atoms with Crippen LogP contribution in [0.25, 0.3) is 22.4 Å². The molecule has 1 N–H and O–H groups in total. The third-order valence-corrected chi connectivity index (χ3v) is 5.63. The number of hydrogen-bond acceptors (Lipinski definition) is 8. The predicted octanol–water partition coefficient (Wildman–Crippen LogP) is 2.57. The first kappa shape index (κ1) is 19.4. The second kappa shape index (κ2) is 7.95. The summed E-state index contributed by atoms with van der Waals surface area (Å²) in [6, 6.07) is 7.68. The number of amides is 1. The quantitative estimate of drug-likeness (QED) is 0.534. The fraction of sp³-hybridized carbons (Fsp3) is 0.381. The molecule has 10 nitrogen and oxygen atoms in total. The lowest BCUT2D eigenvalue weighted by Crippen LogP contribution is -2.35. The molecular weight excluding hydrogens is 398 g/mol. The Morgan fingerprint density at radius 2 is 1.97 bits per heavy atom. The van der Waals surface area contributed by atoms with E-state index in [2.05, 4.69) is 30.4 Å². The second-order valence-electron chi connectivity index (χ2n) is 7.75. The minimum absolute atomic E-state index is 0.0421. The van der Waals surface area contributed by atoms with E-state index in [0.717, 1.165) is 41.7 Å². The zero-order valence-electron chi connectivity index (χ0n) is 17.5. The summed E-state index contributed by atoms with van der Waals surface area (Å²) in [5.41, 5.74) is 2.82. The minimum Gasteiger partial charge on any atom is -0.361 e. The minimum atomic E-state index is -0.0421. The van der Waals surface area contributed by atoms with Crippen molar-refractivity contribution < 1.29 is 13.8 Å². The molecule has 4 aromatic rings. The number of aryl methyl sites for hydroxylation is 2.